The Kier molecular flexibility index (Phi) is 6.96. The molecule has 0 amide bonds. The van der Waals surface area contributed by atoms with Crippen LogP contribution in [0.25, 0.3) is 0 Å². The number of ether oxygens (including phenoxy) is 2. The molecule has 16 heavy (non-hydrogen) atoms. The summed E-state index contributed by atoms with van der Waals surface area (Å²) in [6.07, 6.45) is 3.00. The van der Waals surface area contributed by atoms with Crippen LogP contribution < -0.4 is 5.32 Å². The van der Waals surface area contributed by atoms with E-state index in [0.29, 0.717) is 0 Å². The average molecular weight is 230 g/mol. The van der Waals surface area contributed by atoms with Crippen molar-refractivity contribution in [1.29, 1.82) is 0 Å². The number of unbranched alkanes of at least 4 members (excludes halogenated alkanes) is 1. The molecule has 1 N–H and O–H groups in total. The van der Waals surface area contributed by atoms with Gasteiger partial charge >= 0.3 is 0 Å². The van der Waals surface area contributed by atoms with Crippen molar-refractivity contribution >= 4 is 0 Å². The van der Waals surface area contributed by atoms with Gasteiger partial charge in [-0.15, -0.1) is 0 Å². The minimum Gasteiger partial charge on any atom is -0.377 e. The van der Waals surface area contributed by atoms with Crippen LogP contribution in [0.5, 0.6) is 0 Å². The van der Waals surface area contributed by atoms with Crippen LogP contribution in [0.4, 0.5) is 0 Å². The zero-order valence-electron chi connectivity index (χ0n) is 10.9. The second-order valence-corrected chi connectivity index (χ2v) is 4.37. The van der Waals surface area contributed by atoms with Crippen LogP contribution in [0.2, 0.25) is 0 Å². The lowest BCUT2D eigenvalue weighted by Crippen LogP contribution is -2.27. The lowest BCUT2D eigenvalue weighted by molar-refractivity contribution is -0.00461. The van der Waals surface area contributed by atoms with Crippen LogP contribution >= 0.6 is 0 Å². The fraction of sp³-hybridized carbons (Fsp3) is 1.00. The van der Waals surface area contributed by atoms with E-state index in [-0.39, 0.29) is 12.2 Å². The van der Waals surface area contributed by atoms with Crippen LogP contribution in [0.15, 0.2) is 0 Å². The molecule has 4 nitrogen and oxygen atoms in total. The highest BCUT2D eigenvalue weighted by molar-refractivity contribution is 4.85. The van der Waals surface area contributed by atoms with Crippen molar-refractivity contribution < 1.29 is 9.47 Å². The predicted octanol–water partition coefficient (Wildman–Crippen LogP) is 0.722. The summed E-state index contributed by atoms with van der Waals surface area (Å²) < 4.78 is 10.8. The number of likely N-dealkylation sites (tertiary alicyclic amines) is 1. The maximum absolute atomic E-state index is 5.41. The Morgan fingerprint density at radius 1 is 1.12 bits per heavy atom. The molecule has 1 aliphatic heterocycles. The highest BCUT2D eigenvalue weighted by atomic mass is 16.5. The first-order valence-corrected chi connectivity index (χ1v) is 6.30. The van der Waals surface area contributed by atoms with Crippen molar-refractivity contribution in [1.82, 2.24) is 10.2 Å². The van der Waals surface area contributed by atoms with Gasteiger partial charge in [-0.25, -0.2) is 0 Å². The molecule has 96 valence electrons. The molecule has 1 rings (SSSR count). The van der Waals surface area contributed by atoms with Crippen molar-refractivity contribution in [3.63, 3.8) is 0 Å². The van der Waals surface area contributed by atoms with E-state index in [1.54, 1.807) is 14.2 Å². The first kappa shape index (κ1) is 13.9. The molecule has 0 radical (unpaired) electrons. The molecule has 0 bridgehead atoms. The first-order valence-electron chi connectivity index (χ1n) is 6.30. The number of hydrogen-bond donors (Lipinski definition) is 1. The summed E-state index contributed by atoms with van der Waals surface area (Å²) in [6, 6.07) is 0. The van der Waals surface area contributed by atoms with Gasteiger partial charge in [0.05, 0.1) is 12.2 Å². The maximum atomic E-state index is 5.41. The molecule has 2 unspecified atom stereocenters. The maximum Gasteiger partial charge on any atom is 0.0971 e. The first-order chi connectivity index (χ1) is 7.81. The van der Waals surface area contributed by atoms with Crippen LogP contribution in [-0.2, 0) is 9.47 Å². The molecule has 4 heteroatoms. The Labute approximate surface area is 99.3 Å². The summed E-state index contributed by atoms with van der Waals surface area (Å²) in [7, 11) is 3.54. The van der Waals surface area contributed by atoms with Crippen molar-refractivity contribution in [2.24, 2.45) is 0 Å². The van der Waals surface area contributed by atoms with Crippen LogP contribution in [0.3, 0.4) is 0 Å². The normalized spacial score (nSPS) is 26.4. The summed E-state index contributed by atoms with van der Waals surface area (Å²) in [5.74, 6) is 0. The molecular formula is C12H26N2O2. The van der Waals surface area contributed by atoms with Crippen LogP contribution in [0, 0.1) is 0 Å². The summed E-state index contributed by atoms with van der Waals surface area (Å²) in [4.78, 5) is 2.44. The van der Waals surface area contributed by atoms with Gasteiger partial charge < -0.3 is 14.8 Å². The molecule has 1 saturated heterocycles. The fourth-order valence-corrected chi connectivity index (χ4v) is 2.22. The number of nitrogens with one attached hydrogen (secondary N) is 1. The van der Waals surface area contributed by atoms with Gasteiger partial charge in [0.1, 0.15) is 0 Å². The van der Waals surface area contributed by atoms with Crippen LogP contribution in [-0.4, -0.2) is 64.1 Å². The molecule has 0 spiro atoms. The number of nitrogens with zero attached hydrogens (tertiary/aromatic N) is 1. The number of methoxy groups -OCH3 is 2. The van der Waals surface area contributed by atoms with Crippen LogP contribution in [0.1, 0.15) is 19.8 Å². The largest absolute Gasteiger partial charge is 0.377 e. The monoisotopic (exact) mass is 230 g/mol. The van der Waals surface area contributed by atoms with Gasteiger partial charge in [0.25, 0.3) is 0 Å². The third-order valence-corrected chi connectivity index (χ3v) is 3.22. The molecular weight excluding hydrogens is 204 g/mol. The second kappa shape index (κ2) is 8.01. The average Bonchev–Trinajstić information content (AvgIpc) is 2.71. The number of rotatable bonds is 8. The highest BCUT2D eigenvalue weighted by Gasteiger charge is 2.32. The van der Waals surface area contributed by atoms with Gasteiger partial charge in [-0.2, -0.15) is 0 Å². The summed E-state index contributed by atoms with van der Waals surface area (Å²) in [6.45, 7) is 7.53. The van der Waals surface area contributed by atoms with E-state index in [9.17, 15) is 0 Å². The van der Waals surface area contributed by atoms with Gasteiger partial charge in [0.2, 0.25) is 0 Å². The Morgan fingerprint density at radius 2 is 1.75 bits per heavy atom. The fourth-order valence-electron chi connectivity index (χ4n) is 2.22. The number of hydrogen-bond acceptors (Lipinski definition) is 4. The highest BCUT2D eigenvalue weighted by Crippen LogP contribution is 2.15. The van der Waals surface area contributed by atoms with E-state index in [4.69, 9.17) is 9.47 Å². The van der Waals surface area contributed by atoms with Gasteiger partial charge in [-0.1, -0.05) is 6.92 Å². The van der Waals surface area contributed by atoms with Gasteiger partial charge in [0, 0.05) is 27.3 Å². The topological polar surface area (TPSA) is 33.7 Å². The lowest BCUT2D eigenvalue weighted by atomic mass is 10.3. The van der Waals surface area contributed by atoms with Gasteiger partial charge in [-0.05, 0) is 32.5 Å². The molecule has 0 aromatic heterocycles. The summed E-state index contributed by atoms with van der Waals surface area (Å²) in [5, 5.41) is 3.35. The zero-order chi connectivity index (χ0) is 11.8. The van der Waals surface area contributed by atoms with E-state index in [1.807, 2.05) is 0 Å². The van der Waals surface area contributed by atoms with E-state index in [0.717, 1.165) is 32.7 Å². The van der Waals surface area contributed by atoms with E-state index < -0.39 is 0 Å². The molecule has 2 atom stereocenters. The molecule has 0 aromatic rings. The zero-order valence-corrected chi connectivity index (χ0v) is 10.9. The van der Waals surface area contributed by atoms with Crippen molar-refractivity contribution in [3.05, 3.63) is 0 Å². The Bertz CT molecular complexity index is 166. The standard InChI is InChI=1S/C12H26N2O2/c1-4-13-7-5-6-8-14-9-11(15-2)12(10-14)16-3/h11-13H,4-10H2,1-3H3. The van der Waals surface area contributed by atoms with Crippen molar-refractivity contribution in [2.45, 2.75) is 32.0 Å². The minimum atomic E-state index is 0.249. The molecule has 0 saturated carbocycles. The quantitative estimate of drug-likeness (QED) is 0.623. The third-order valence-electron chi connectivity index (χ3n) is 3.22. The SMILES string of the molecule is CCNCCCCN1CC(OC)C(OC)C1. The van der Waals surface area contributed by atoms with E-state index in [1.165, 1.54) is 12.8 Å². The summed E-state index contributed by atoms with van der Waals surface area (Å²) in [5.41, 5.74) is 0. The Morgan fingerprint density at radius 3 is 2.25 bits per heavy atom. The Hall–Kier alpha value is -0.160. The molecule has 0 aliphatic carbocycles. The third kappa shape index (κ3) is 4.37. The smallest absolute Gasteiger partial charge is 0.0971 e. The van der Waals surface area contributed by atoms with Crippen molar-refractivity contribution in [2.75, 3.05) is 46.9 Å². The molecule has 1 fully saturated rings. The molecule has 1 aliphatic rings. The van der Waals surface area contributed by atoms with Gasteiger partial charge in [0.15, 0.2) is 0 Å². The molecule has 0 aromatic carbocycles. The van der Waals surface area contributed by atoms with Gasteiger partial charge in [-0.3, -0.25) is 4.90 Å². The van der Waals surface area contributed by atoms with Crippen molar-refractivity contribution in [3.8, 4) is 0 Å². The minimum absolute atomic E-state index is 0.249. The lowest BCUT2D eigenvalue weighted by Gasteiger charge is -2.14. The Balaban J connectivity index is 2.10. The predicted molar refractivity (Wildman–Crippen MR) is 65.8 cm³/mol. The van der Waals surface area contributed by atoms with E-state index in [2.05, 4.69) is 17.1 Å². The summed E-state index contributed by atoms with van der Waals surface area (Å²) >= 11 is 0. The second-order valence-electron chi connectivity index (χ2n) is 4.37. The van der Waals surface area contributed by atoms with E-state index >= 15 is 0 Å². The molecule has 1 heterocycles.